The van der Waals surface area contributed by atoms with Gasteiger partial charge in [-0.25, -0.2) is 0 Å². The third-order valence-electron chi connectivity index (χ3n) is 3.08. The minimum absolute atomic E-state index is 0.0125. The van der Waals surface area contributed by atoms with Crippen molar-refractivity contribution in [3.05, 3.63) is 0 Å². The van der Waals surface area contributed by atoms with Crippen LogP contribution in [0.5, 0.6) is 0 Å². The highest BCUT2D eigenvalue weighted by Crippen LogP contribution is 2.29. The van der Waals surface area contributed by atoms with Gasteiger partial charge in [0.15, 0.2) is 0 Å². The minimum Gasteiger partial charge on any atom is -0.332 e. The van der Waals surface area contributed by atoms with Crippen LogP contribution in [0.4, 0.5) is 13.2 Å². The first-order chi connectivity index (χ1) is 7.97. The highest BCUT2D eigenvalue weighted by atomic mass is 19.4. The van der Waals surface area contributed by atoms with Crippen LogP contribution < -0.4 is 5.73 Å². The maximum Gasteiger partial charge on any atom is 0.406 e. The molecule has 3 nitrogen and oxygen atoms in total. The largest absolute Gasteiger partial charge is 0.406 e. The highest BCUT2D eigenvalue weighted by Gasteiger charge is 2.33. The molecule has 0 aliphatic rings. The molecule has 2 N–H and O–H groups in total. The summed E-state index contributed by atoms with van der Waals surface area (Å²) in [7, 11) is 0. The molecule has 0 spiro atoms. The number of halogens is 3. The van der Waals surface area contributed by atoms with E-state index in [9.17, 15) is 18.0 Å². The van der Waals surface area contributed by atoms with Gasteiger partial charge in [0.1, 0.15) is 6.54 Å². The molecular formula is C12H23F3N2O. The summed E-state index contributed by atoms with van der Waals surface area (Å²) in [6, 6.07) is 0. The molecule has 0 aliphatic carbocycles. The molecule has 0 fully saturated rings. The second kappa shape index (κ2) is 6.41. The van der Waals surface area contributed by atoms with E-state index in [4.69, 9.17) is 5.73 Å². The van der Waals surface area contributed by atoms with Crippen LogP contribution in [-0.4, -0.2) is 36.6 Å². The molecular weight excluding hydrogens is 245 g/mol. The van der Waals surface area contributed by atoms with Crippen LogP contribution in [0.1, 0.15) is 34.1 Å². The predicted octanol–water partition coefficient (Wildman–Crippen LogP) is 2.41. The number of rotatable bonds is 5. The van der Waals surface area contributed by atoms with Crippen molar-refractivity contribution < 1.29 is 18.0 Å². The van der Waals surface area contributed by atoms with E-state index in [2.05, 4.69) is 0 Å². The predicted molar refractivity (Wildman–Crippen MR) is 64.9 cm³/mol. The fourth-order valence-corrected chi connectivity index (χ4v) is 1.36. The monoisotopic (exact) mass is 268 g/mol. The van der Waals surface area contributed by atoms with Gasteiger partial charge in [-0.3, -0.25) is 4.79 Å². The lowest BCUT2D eigenvalue weighted by molar-refractivity contribution is -0.161. The quantitative estimate of drug-likeness (QED) is 0.832. The molecule has 0 aromatic rings. The van der Waals surface area contributed by atoms with Gasteiger partial charge in [-0.1, -0.05) is 27.7 Å². The van der Waals surface area contributed by atoms with E-state index >= 15 is 0 Å². The maximum atomic E-state index is 12.3. The first-order valence-corrected chi connectivity index (χ1v) is 6.02. The van der Waals surface area contributed by atoms with Crippen LogP contribution in [-0.2, 0) is 4.79 Å². The Balaban J connectivity index is 4.58. The number of amides is 1. The van der Waals surface area contributed by atoms with Gasteiger partial charge in [0, 0.05) is 19.5 Å². The van der Waals surface area contributed by atoms with Crippen molar-refractivity contribution in [3.8, 4) is 0 Å². The van der Waals surface area contributed by atoms with Gasteiger partial charge in [-0.15, -0.1) is 0 Å². The molecule has 1 atom stereocenters. The summed E-state index contributed by atoms with van der Waals surface area (Å²) >= 11 is 0. The summed E-state index contributed by atoms with van der Waals surface area (Å²) in [6.07, 6.45) is -4.27. The first kappa shape index (κ1) is 17.2. The third-order valence-corrected chi connectivity index (χ3v) is 3.08. The van der Waals surface area contributed by atoms with E-state index in [0.717, 1.165) is 4.90 Å². The zero-order chi connectivity index (χ0) is 14.6. The summed E-state index contributed by atoms with van der Waals surface area (Å²) in [5.41, 5.74) is 5.13. The van der Waals surface area contributed by atoms with Gasteiger partial charge in [-0.2, -0.15) is 13.2 Å². The molecule has 18 heavy (non-hydrogen) atoms. The van der Waals surface area contributed by atoms with Gasteiger partial charge in [0.2, 0.25) is 5.91 Å². The number of carbonyl (C=O) groups excluding carboxylic acids is 1. The highest BCUT2D eigenvalue weighted by molar-refractivity contribution is 5.76. The lowest BCUT2D eigenvalue weighted by Gasteiger charge is -2.30. The molecule has 0 saturated heterocycles. The summed E-state index contributed by atoms with van der Waals surface area (Å²) < 4.78 is 37.0. The van der Waals surface area contributed by atoms with Gasteiger partial charge < -0.3 is 10.6 Å². The molecule has 1 amide bonds. The SMILES string of the molecule is CC(CC(=O)N(CCN)CC(F)(F)F)C(C)(C)C. The smallest absolute Gasteiger partial charge is 0.332 e. The van der Waals surface area contributed by atoms with Crippen LogP contribution in [0.2, 0.25) is 0 Å². The van der Waals surface area contributed by atoms with Gasteiger partial charge in [0.05, 0.1) is 0 Å². The van der Waals surface area contributed by atoms with Gasteiger partial charge in [-0.05, 0) is 11.3 Å². The molecule has 1 unspecified atom stereocenters. The zero-order valence-corrected chi connectivity index (χ0v) is 11.5. The van der Waals surface area contributed by atoms with E-state index < -0.39 is 18.6 Å². The first-order valence-electron chi connectivity index (χ1n) is 6.02. The summed E-state index contributed by atoms with van der Waals surface area (Å²) in [5.74, 6) is -0.473. The molecule has 108 valence electrons. The topological polar surface area (TPSA) is 46.3 Å². The summed E-state index contributed by atoms with van der Waals surface area (Å²) in [6.45, 7) is 6.50. The number of carbonyl (C=O) groups is 1. The molecule has 0 aromatic carbocycles. The number of nitrogens with zero attached hydrogens (tertiary/aromatic N) is 1. The van der Waals surface area contributed by atoms with Crippen molar-refractivity contribution in [1.82, 2.24) is 4.90 Å². The normalized spacial score (nSPS) is 14.4. The van der Waals surface area contributed by atoms with E-state index in [1.54, 1.807) is 0 Å². The van der Waals surface area contributed by atoms with Crippen molar-refractivity contribution in [2.45, 2.75) is 40.3 Å². The second-order valence-corrected chi connectivity index (χ2v) is 5.69. The van der Waals surface area contributed by atoms with Crippen molar-refractivity contribution >= 4 is 5.91 Å². The number of hydrogen-bond acceptors (Lipinski definition) is 2. The molecule has 6 heteroatoms. The van der Waals surface area contributed by atoms with Crippen LogP contribution in [0.25, 0.3) is 0 Å². The number of hydrogen-bond donors (Lipinski definition) is 1. The van der Waals surface area contributed by atoms with Gasteiger partial charge >= 0.3 is 6.18 Å². The average Bonchev–Trinajstić information content (AvgIpc) is 2.13. The van der Waals surface area contributed by atoms with Crippen molar-refractivity contribution in [1.29, 1.82) is 0 Å². The van der Waals surface area contributed by atoms with E-state index in [-0.39, 0.29) is 30.8 Å². The summed E-state index contributed by atoms with van der Waals surface area (Å²) in [4.78, 5) is 12.6. The maximum absolute atomic E-state index is 12.3. The summed E-state index contributed by atoms with van der Waals surface area (Å²) in [5, 5.41) is 0. The number of nitrogens with two attached hydrogens (primary N) is 1. The van der Waals surface area contributed by atoms with Crippen LogP contribution in [0.3, 0.4) is 0 Å². The fourth-order valence-electron chi connectivity index (χ4n) is 1.36. The molecule has 0 rings (SSSR count). The Kier molecular flexibility index (Phi) is 6.13. The lowest BCUT2D eigenvalue weighted by atomic mass is 9.80. The standard InChI is InChI=1S/C12H23F3N2O/c1-9(11(2,3)4)7-10(18)17(6-5-16)8-12(13,14)15/h9H,5-8,16H2,1-4H3. The Morgan fingerprint density at radius 1 is 1.28 bits per heavy atom. The third kappa shape index (κ3) is 6.83. The van der Waals surface area contributed by atoms with E-state index in [1.165, 1.54) is 0 Å². The Hall–Kier alpha value is -0.780. The van der Waals surface area contributed by atoms with Crippen molar-refractivity contribution in [3.63, 3.8) is 0 Å². The Morgan fingerprint density at radius 3 is 2.11 bits per heavy atom. The van der Waals surface area contributed by atoms with E-state index in [1.807, 2.05) is 27.7 Å². The van der Waals surface area contributed by atoms with Crippen LogP contribution in [0.15, 0.2) is 0 Å². The second-order valence-electron chi connectivity index (χ2n) is 5.69. The number of alkyl halides is 3. The minimum atomic E-state index is -4.38. The fraction of sp³-hybridized carbons (Fsp3) is 0.917. The van der Waals surface area contributed by atoms with Gasteiger partial charge in [0.25, 0.3) is 0 Å². The molecule has 0 bridgehead atoms. The molecule has 0 aliphatic heterocycles. The van der Waals surface area contributed by atoms with Crippen molar-refractivity contribution in [2.75, 3.05) is 19.6 Å². The zero-order valence-electron chi connectivity index (χ0n) is 11.5. The molecule has 0 radical (unpaired) electrons. The Labute approximate surface area is 107 Å². The molecule has 0 saturated carbocycles. The Bertz CT molecular complexity index is 271. The molecule has 0 heterocycles. The molecule has 0 aromatic heterocycles. The van der Waals surface area contributed by atoms with Crippen LogP contribution >= 0.6 is 0 Å². The van der Waals surface area contributed by atoms with E-state index in [0.29, 0.717) is 0 Å². The van der Waals surface area contributed by atoms with Crippen molar-refractivity contribution in [2.24, 2.45) is 17.1 Å². The average molecular weight is 268 g/mol. The lowest BCUT2D eigenvalue weighted by Crippen LogP contribution is -2.42. The Morgan fingerprint density at radius 2 is 1.78 bits per heavy atom. The van der Waals surface area contributed by atoms with Crippen LogP contribution in [0, 0.1) is 11.3 Å².